The van der Waals surface area contributed by atoms with Gasteiger partial charge < -0.3 is 0 Å². The minimum absolute atomic E-state index is 0.171. The molecule has 84 valence electrons. The van der Waals surface area contributed by atoms with Gasteiger partial charge in [0.2, 0.25) is 0 Å². The molecule has 0 amide bonds. The summed E-state index contributed by atoms with van der Waals surface area (Å²) >= 11 is 4.98. The van der Waals surface area contributed by atoms with Crippen LogP contribution in [0.5, 0.6) is 0 Å². The van der Waals surface area contributed by atoms with E-state index in [-0.39, 0.29) is 12.1 Å². The maximum atomic E-state index is 13.4. The van der Waals surface area contributed by atoms with Crippen LogP contribution in [-0.2, 0) is 6.54 Å². The molecule has 6 heteroatoms. The molecule has 16 heavy (non-hydrogen) atoms. The van der Waals surface area contributed by atoms with E-state index in [0.29, 0.717) is 10.6 Å². The quantitative estimate of drug-likeness (QED) is 0.820. The number of aryl methyl sites for hydroxylation is 1. The van der Waals surface area contributed by atoms with Gasteiger partial charge in [0.15, 0.2) is 4.77 Å². The normalized spacial score (nSPS) is 10.7. The van der Waals surface area contributed by atoms with E-state index in [1.807, 2.05) is 0 Å². The summed E-state index contributed by atoms with van der Waals surface area (Å²) in [4.78, 5) is 0. The number of aromatic nitrogens is 3. The fourth-order valence-corrected chi connectivity index (χ4v) is 1.66. The van der Waals surface area contributed by atoms with Crippen LogP contribution in [0, 0.1) is 23.3 Å². The van der Waals surface area contributed by atoms with Crippen molar-refractivity contribution in [2.75, 3.05) is 0 Å². The summed E-state index contributed by atoms with van der Waals surface area (Å²) in [6, 6.07) is 3.34. The molecule has 0 fully saturated rings. The first kappa shape index (κ1) is 10.9. The summed E-state index contributed by atoms with van der Waals surface area (Å²) in [5, 5.41) is 6.48. The van der Waals surface area contributed by atoms with Crippen LogP contribution in [0.3, 0.4) is 0 Å². The number of hydrogen-bond donors (Lipinski definition) is 1. The smallest absolute Gasteiger partial charge is 0.195 e. The fraction of sp³-hybridized carbons (Fsp3) is 0.200. The molecule has 0 aliphatic carbocycles. The number of nitrogens with one attached hydrogen (secondary N) is 1. The summed E-state index contributed by atoms with van der Waals surface area (Å²) < 4.78 is 28.3. The van der Waals surface area contributed by atoms with Crippen molar-refractivity contribution < 1.29 is 8.78 Å². The molecular weight excluding hydrogens is 232 g/mol. The molecule has 0 aliphatic rings. The lowest BCUT2D eigenvalue weighted by molar-refractivity contribution is 0.574. The summed E-state index contributed by atoms with van der Waals surface area (Å²) in [6.45, 7) is 1.91. The average molecular weight is 241 g/mol. The van der Waals surface area contributed by atoms with Gasteiger partial charge in [0.25, 0.3) is 0 Å². The second kappa shape index (κ2) is 4.13. The molecule has 0 aliphatic heterocycles. The highest BCUT2D eigenvalue weighted by atomic mass is 32.1. The van der Waals surface area contributed by atoms with Gasteiger partial charge in [-0.2, -0.15) is 5.10 Å². The van der Waals surface area contributed by atoms with E-state index in [1.165, 1.54) is 0 Å². The van der Waals surface area contributed by atoms with E-state index in [9.17, 15) is 8.78 Å². The van der Waals surface area contributed by atoms with Gasteiger partial charge >= 0.3 is 0 Å². The Morgan fingerprint density at radius 2 is 2.19 bits per heavy atom. The SMILES string of the molecule is Cc1n[nH]c(=S)n1Cc1cc(F)ccc1F. The largest absolute Gasteiger partial charge is 0.300 e. The molecule has 1 N–H and O–H groups in total. The third-order valence-electron chi connectivity index (χ3n) is 2.29. The Kier molecular flexibility index (Phi) is 2.82. The summed E-state index contributed by atoms with van der Waals surface area (Å²) in [5.74, 6) is -0.290. The van der Waals surface area contributed by atoms with Gasteiger partial charge in [0, 0.05) is 5.56 Å². The molecule has 0 saturated heterocycles. The average Bonchev–Trinajstić information content (AvgIpc) is 2.55. The number of hydrogen-bond acceptors (Lipinski definition) is 2. The predicted octanol–water partition coefficient (Wildman–Crippen LogP) is 2.58. The first-order valence-electron chi connectivity index (χ1n) is 4.63. The van der Waals surface area contributed by atoms with Crippen molar-refractivity contribution in [3.8, 4) is 0 Å². The van der Waals surface area contributed by atoms with Crippen molar-refractivity contribution in [3.05, 3.63) is 46.0 Å². The Morgan fingerprint density at radius 3 is 2.81 bits per heavy atom. The molecule has 0 spiro atoms. The molecule has 1 heterocycles. The topological polar surface area (TPSA) is 33.6 Å². The zero-order chi connectivity index (χ0) is 11.7. The van der Waals surface area contributed by atoms with Gasteiger partial charge in [-0.25, -0.2) is 8.78 Å². The number of nitrogens with zero attached hydrogens (tertiary/aromatic N) is 2. The summed E-state index contributed by atoms with van der Waals surface area (Å²) in [5.41, 5.74) is 0.251. The number of H-pyrrole nitrogens is 1. The van der Waals surface area contributed by atoms with Crippen LogP contribution in [0.4, 0.5) is 8.78 Å². The van der Waals surface area contributed by atoms with E-state index in [4.69, 9.17) is 12.2 Å². The van der Waals surface area contributed by atoms with E-state index < -0.39 is 11.6 Å². The lowest BCUT2D eigenvalue weighted by Crippen LogP contribution is -2.04. The minimum Gasteiger partial charge on any atom is -0.300 e. The van der Waals surface area contributed by atoms with Crippen LogP contribution in [-0.4, -0.2) is 14.8 Å². The van der Waals surface area contributed by atoms with Gasteiger partial charge in [0.1, 0.15) is 17.5 Å². The predicted molar refractivity (Wildman–Crippen MR) is 57.6 cm³/mol. The van der Waals surface area contributed by atoms with E-state index in [2.05, 4.69) is 10.2 Å². The molecular formula is C10H9F2N3S. The zero-order valence-corrected chi connectivity index (χ0v) is 9.31. The maximum absolute atomic E-state index is 13.4. The lowest BCUT2D eigenvalue weighted by Gasteiger charge is -2.05. The molecule has 1 aromatic heterocycles. The zero-order valence-electron chi connectivity index (χ0n) is 8.50. The second-order valence-corrected chi connectivity index (χ2v) is 3.78. The van der Waals surface area contributed by atoms with Crippen LogP contribution >= 0.6 is 12.2 Å². The highest BCUT2D eigenvalue weighted by Gasteiger charge is 2.07. The number of benzene rings is 1. The first-order chi connectivity index (χ1) is 7.58. The summed E-state index contributed by atoms with van der Waals surface area (Å²) in [7, 11) is 0. The number of rotatable bonds is 2. The first-order valence-corrected chi connectivity index (χ1v) is 5.04. The van der Waals surface area contributed by atoms with Crippen LogP contribution < -0.4 is 0 Å². The molecule has 2 rings (SSSR count). The maximum Gasteiger partial charge on any atom is 0.195 e. The van der Waals surface area contributed by atoms with Crippen molar-refractivity contribution >= 4 is 12.2 Å². The Hall–Kier alpha value is -1.56. The van der Waals surface area contributed by atoms with E-state index in [1.54, 1.807) is 11.5 Å². The van der Waals surface area contributed by atoms with Gasteiger partial charge in [-0.1, -0.05) is 0 Å². The Morgan fingerprint density at radius 1 is 1.44 bits per heavy atom. The van der Waals surface area contributed by atoms with Crippen LogP contribution in [0.2, 0.25) is 0 Å². The number of halogens is 2. The van der Waals surface area contributed by atoms with E-state index in [0.717, 1.165) is 18.2 Å². The van der Waals surface area contributed by atoms with Gasteiger partial charge in [0.05, 0.1) is 6.54 Å². The van der Waals surface area contributed by atoms with Gasteiger partial charge in [-0.15, -0.1) is 0 Å². The molecule has 0 atom stereocenters. The lowest BCUT2D eigenvalue weighted by atomic mass is 10.2. The highest BCUT2D eigenvalue weighted by molar-refractivity contribution is 7.71. The van der Waals surface area contributed by atoms with Crippen molar-refractivity contribution in [2.24, 2.45) is 0 Å². The monoisotopic (exact) mass is 241 g/mol. The third-order valence-corrected chi connectivity index (χ3v) is 2.60. The molecule has 0 radical (unpaired) electrons. The number of aromatic amines is 1. The Labute approximate surface area is 95.7 Å². The third kappa shape index (κ3) is 2.01. The van der Waals surface area contributed by atoms with Crippen LogP contribution in [0.1, 0.15) is 11.4 Å². The van der Waals surface area contributed by atoms with Crippen LogP contribution in [0.15, 0.2) is 18.2 Å². The standard InChI is InChI=1S/C10H9F2N3S/c1-6-13-14-10(16)15(6)5-7-4-8(11)2-3-9(7)12/h2-4H,5H2,1H3,(H,14,16). The highest BCUT2D eigenvalue weighted by Crippen LogP contribution is 2.12. The molecule has 2 aromatic rings. The van der Waals surface area contributed by atoms with Crippen molar-refractivity contribution in [2.45, 2.75) is 13.5 Å². The molecule has 1 aromatic carbocycles. The minimum atomic E-state index is -0.468. The van der Waals surface area contributed by atoms with Crippen molar-refractivity contribution in [3.63, 3.8) is 0 Å². The summed E-state index contributed by atoms with van der Waals surface area (Å²) in [6.07, 6.45) is 0. The molecule has 0 bridgehead atoms. The molecule has 0 saturated carbocycles. The van der Waals surface area contributed by atoms with E-state index >= 15 is 0 Å². The molecule has 0 unspecified atom stereocenters. The van der Waals surface area contributed by atoms with Gasteiger partial charge in [-0.05, 0) is 37.3 Å². The van der Waals surface area contributed by atoms with Crippen LogP contribution in [0.25, 0.3) is 0 Å². The van der Waals surface area contributed by atoms with Crippen molar-refractivity contribution in [1.82, 2.24) is 14.8 Å². The Balaban J connectivity index is 2.41. The van der Waals surface area contributed by atoms with Gasteiger partial charge in [-0.3, -0.25) is 9.67 Å². The van der Waals surface area contributed by atoms with Crippen molar-refractivity contribution in [1.29, 1.82) is 0 Å². The molecule has 3 nitrogen and oxygen atoms in total. The second-order valence-electron chi connectivity index (χ2n) is 3.40. The fourth-order valence-electron chi connectivity index (χ4n) is 1.42. The Bertz CT molecular complexity index is 574.